The molecule has 24 heavy (non-hydrogen) atoms. The number of esters is 1. The number of benzene rings is 1. The summed E-state index contributed by atoms with van der Waals surface area (Å²) in [6, 6.07) is 5.58. The largest absolute Gasteiger partial charge is 0.467 e. The van der Waals surface area contributed by atoms with Crippen molar-refractivity contribution >= 4 is 18.0 Å². The van der Waals surface area contributed by atoms with Gasteiger partial charge in [-0.2, -0.15) is 8.78 Å². The van der Waals surface area contributed by atoms with E-state index >= 15 is 0 Å². The van der Waals surface area contributed by atoms with Crippen LogP contribution in [0.3, 0.4) is 0 Å². The predicted molar refractivity (Wildman–Crippen MR) is 83.5 cm³/mol. The second-order valence-electron chi connectivity index (χ2n) is 5.32. The summed E-state index contributed by atoms with van der Waals surface area (Å²) < 4.78 is 33.9. The van der Waals surface area contributed by atoms with Crippen molar-refractivity contribution in [2.45, 2.75) is 31.9 Å². The zero-order valence-electron chi connectivity index (χ0n) is 13.3. The average molecular weight is 339 g/mol. The second-order valence-corrected chi connectivity index (χ2v) is 5.32. The Balaban J connectivity index is 2.13. The number of halogens is 2. The maximum atomic E-state index is 12.4. The van der Waals surface area contributed by atoms with E-state index in [0.717, 1.165) is 12.8 Å². The lowest BCUT2D eigenvalue weighted by Crippen LogP contribution is -2.47. The molecule has 1 amide bonds. The average Bonchev–Trinajstić information content (AvgIpc) is 2.59. The number of carbonyl (C=O) groups excluding carboxylic acids is 2. The fourth-order valence-electron chi connectivity index (χ4n) is 2.65. The van der Waals surface area contributed by atoms with Crippen LogP contribution in [0.15, 0.2) is 30.3 Å². The van der Waals surface area contributed by atoms with Gasteiger partial charge in [-0.25, -0.2) is 4.79 Å². The van der Waals surface area contributed by atoms with Gasteiger partial charge in [0, 0.05) is 18.2 Å². The lowest BCUT2D eigenvalue weighted by molar-refractivity contribution is -0.153. The standard InChI is InChI=1S/C17H19F2NO4/c1-23-16(22)13-7-4-5-11-20(13)15(21)10-9-12-6-2-3-8-14(12)24-17(18)19/h2-3,6,8-10,13,17H,4-5,7,11H2,1H3/b10-9+. The summed E-state index contributed by atoms with van der Waals surface area (Å²) in [7, 11) is 1.29. The van der Waals surface area contributed by atoms with Crippen LogP contribution in [-0.4, -0.2) is 43.1 Å². The zero-order chi connectivity index (χ0) is 17.5. The summed E-state index contributed by atoms with van der Waals surface area (Å²) in [5.41, 5.74) is 0.359. The minimum atomic E-state index is -2.94. The van der Waals surface area contributed by atoms with Gasteiger partial charge in [0.1, 0.15) is 11.8 Å². The van der Waals surface area contributed by atoms with Crippen molar-refractivity contribution in [3.05, 3.63) is 35.9 Å². The quantitative estimate of drug-likeness (QED) is 0.611. The van der Waals surface area contributed by atoms with Crippen molar-refractivity contribution in [1.29, 1.82) is 0 Å². The van der Waals surface area contributed by atoms with E-state index in [1.165, 1.54) is 30.2 Å². The maximum absolute atomic E-state index is 12.4. The normalized spacial score (nSPS) is 18.0. The molecule has 1 aliphatic rings. The Kier molecular flexibility index (Phi) is 6.28. The number of hydrogen-bond acceptors (Lipinski definition) is 4. The Bertz CT molecular complexity index is 618. The molecule has 1 aromatic rings. The molecule has 0 aliphatic carbocycles. The monoisotopic (exact) mass is 339 g/mol. The smallest absolute Gasteiger partial charge is 0.387 e. The summed E-state index contributed by atoms with van der Waals surface area (Å²) >= 11 is 0. The van der Waals surface area contributed by atoms with Gasteiger partial charge in [-0.15, -0.1) is 0 Å². The van der Waals surface area contributed by atoms with Gasteiger partial charge in [-0.1, -0.05) is 18.2 Å². The number of nitrogens with zero attached hydrogens (tertiary/aromatic N) is 1. The third-order valence-electron chi connectivity index (χ3n) is 3.80. The van der Waals surface area contributed by atoms with Crippen molar-refractivity contribution in [2.24, 2.45) is 0 Å². The van der Waals surface area contributed by atoms with Crippen LogP contribution in [0.1, 0.15) is 24.8 Å². The molecule has 0 radical (unpaired) electrons. The number of carbonyl (C=O) groups is 2. The predicted octanol–water partition coefficient (Wildman–Crippen LogP) is 2.86. The number of ether oxygens (including phenoxy) is 2. The zero-order valence-corrected chi connectivity index (χ0v) is 13.3. The summed E-state index contributed by atoms with van der Waals surface area (Å²) in [5.74, 6) is -0.824. The number of para-hydroxylation sites is 1. The molecule has 1 atom stereocenters. The van der Waals surface area contributed by atoms with Gasteiger partial charge in [0.2, 0.25) is 5.91 Å². The van der Waals surface area contributed by atoms with Crippen LogP contribution in [0.4, 0.5) is 8.78 Å². The first-order chi connectivity index (χ1) is 11.5. The van der Waals surface area contributed by atoms with E-state index < -0.39 is 18.6 Å². The van der Waals surface area contributed by atoms with E-state index in [1.807, 2.05) is 0 Å². The van der Waals surface area contributed by atoms with E-state index in [2.05, 4.69) is 4.74 Å². The highest BCUT2D eigenvalue weighted by atomic mass is 19.3. The van der Waals surface area contributed by atoms with Crippen molar-refractivity contribution in [3.63, 3.8) is 0 Å². The lowest BCUT2D eigenvalue weighted by atomic mass is 10.0. The molecular formula is C17H19F2NO4. The third-order valence-corrected chi connectivity index (χ3v) is 3.80. The Morgan fingerprint density at radius 1 is 1.29 bits per heavy atom. The second kappa shape index (κ2) is 8.42. The molecule has 0 N–H and O–H groups in total. The molecule has 0 spiro atoms. The van der Waals surface area contributed by atoms with E-state index in [0.29, 0.717) is 18.5 Å². The molecule has 130 valence electrons. The Morgan fingerprint density at radius 3 is 2.75 bits per heavy atom. The van der Waals surface area contributed by atoms with Gasteiger partial charge < -0.3 is 14.4 Å². The van der Waals surface area contributed by atoms with Crippen LogP contribution in [0, 0.1) is 0 Å². The van der Waals surface area contributed by atoms with Crippen LogP contribution < -0.4 is 4.74 Å². The molecule has 0 aromatic heterocycles. The highest BCUT2D eigenvalue weighted by Crippen LogP contribution is 2.23. The lowest BCUT2D eigenvalue weighted by Gasteiger charge is -2.32. The summed E-state index contributed by atoms with van der Waals surface area (Å²) in [6.07, 6.45) is 4.87. The topological polar surface area (TPSA) is 55.8 Å². The number of rotatable bonds is 5. The minimum Gasteiger partial charge on any atom is -0.467 e. The van der Waals surface area contributed by atoms with Crippen LogP contribution in [0.5, 0.6) is 5.75 Å². The van der Waals surface area contributed by atoms with Gasteiger partial charge >= 0.3 is 12.6 Å². The third kappa shape index (κ3) is 4.53. The van der Waals surface area contributed by atoms with Crippen molar-refractivity contribution in [1.82, 2.24) is 4.90 Å². The maximum Gasteiger partial charge on any atom is 0.387 e. The molecule has 1 aromatic carbocycles. The summed E-state index contributed by atoms with van der Waals surface area (Å²) in [4.78, 5) is 25.6. The molecule has 1 unspecified atom stereocenters. The SMILES string of the molecule is COC(=O)C1CCCCN1C(=O)/C=C/c1ccccc1OC(F)F. The highest BCUT2D eigenvalue weighted by Gasteiger charge is 2.31. The summed E-state index contributed by atoms with van der Waals surface area (Å²) in [5, 5.41) is 0. The van der Waals surface area contributed by atoms with Gasteiger partial charge in [0.05, 0.1) is 7.11 Å². The van der Waals surface area contributed by atoms with Gasteiger partial charge in [-0.05, 0) is 31.4 Å². The number of methoxy groups -OCH3 is 1. The molecule has 1 heterocycles. The number of alkyl halides is 2. The molecule has 1 fully saturated rings. The Morgan fingerprint density at radius 2 is 2.04 bits per heavy atom. The highest BCUT2D eigenvalue weighted by molar-refractivity contribution is 5.95. The van der Waals surface area contributed by atoms with Crippen LogP contribution in [-0.2, 0) is 14.3 Å². The van der Waals surface area contributed by atoms with Crippen LogP contribution in [0.2, 0.25) is 0 Å². The Labute approximate surface area is 138 Å². The fraction of sp³-hybridized carbons (Fsp3) is 0.412. The molecular weight excluding hydrogens is 320 g/mol. The molecule has 5 nitrogen and oxygen atoms in total. The van der Waals surface area contributed by atoms with E-state index in [-0.39, 0.29) is 11.7 Å². The first-order valence-electron chi connectivity index (χ1n) is 7.63. The number of hydrogen-bond donors (Lipinski definition) is 0. The van der Waals surface area contributed by atoms with Gasteiger partial charge in [0.15, 0.2) is 0 Å². The van der Waals surface area contributed by atoms with E-state index in [4.69, 9.17) is 4.74 Å². The summed E-state index contributed by atoms with van der Waals surface area (Å²) in [6.45, 7) is -2.49. The first kappa shape index (κ1) is 17.9. The fourth-order valence-corrected chi connectivity index (χ4v) is 2.65. The van der Waals surface area contributed by atoms with Gasteiger partial charge in [0.25, 0.3) is 0 Å². The van der Waals surface area contributed by atoms with Gasteiger partial charge in [-0.3, -0.25) is 4.79 Å². The number of likely N-dealkylation sites (tertiary alicyclic amines) is 1. The van der Waals surface area contributed by atoms with Crippen molar-refractivity contribution < 1.29 is 27.8 Å². The number of amides is 1. The molecule has 0 bridgehead atoms. The number of piperidine rings is 1. The van der Waals surface area contributed by atoms with E-state index in [1.54, 1.807) is 18.2 Å². The van der Waals surface area contributed by atoms with Crippen molar-refractivity contribution in [3.8, 4) is 5.75 Å². The van der Waals surface area contributed by atoms with Crippen LogP contribution >= 0.6 is 0 Å². The first-order valence-corrected chi connectivity index (χ1v) is 7.63. The molecule has 1 aliphatic heterocycles. The van der Waals surface area contributed by atoms with Crippen molar-refractivity contribution in [2.75, 3.05) is 13.7 Å². The molecule has 7 heteroatoms. The molecule has 2 rings (SSSR count). The molecule has 0 saturated carbocycles. The minimum absolute atomic E-state index is 0.0142. The van der Waals surface area contributed by atoms with E-state index in [9.17, 15) is 18.4 Å². The van der Waals surface area contributed by atoms with Crippen LogP contribution in [0.25, 0.3) is 6.08 Å². The Hall–Kier alpha value is -2.44. The molecule has 1 saturated heterocycles.